The third kappa shape index (κ3) is 3.97. The molecule has 14 nitrogen and oxygen atoms in total. The molecule has 31 heavy (non-hydrogen) atoms. The molecule has 0 aromatic carbocycles. The van der Waals surface area contributed by atoms with Crippen molar-refractivity contribution < 1.29 is 32.7 Å². The van der Waals surface area contributed by atoms with Gasteiger partial charge in [0.1, 0.15) is 23.8 Å². The van der Waals surface area contributed by atoms with Crippen LogP contribution < -0.4 is 11.1 Å². The zero-order valence-electron chi connectivity index (χ0n) is 16.6. The van der Waals surface area contributed by atoms with Gasteiger partial charge in [0.25, 0.3) is 11.8 Å². The van der Waals surface area contributed by atoms with Crippen LogP contribution in [0, 0.1) is 0 Å². The van der Waals surface area contributed by atoms with Gasteiger partial charge in [-0.3, -0.25) is 9.59 Å². The molecule has 0 unspecified atom stereocenters. The maximum absolute atomic E-state index is 12.9. The van der Waals surface area contributed by atoms with Crippen LogP contribution in [-0.2, 0) is 29.2 Å². The smallest absolute Gasteiger partial charge is 0.355 e. The minimum absolute atomic E-state index is 0.138. The van der Waals surface area contributed by atoms with E-state index in [1.807, 2.05) is 0 Å². The molecular formula is C15H19N7O7S2. The molecule has 4 N–H and O–H groups in total. The lowest BCUT2D eigenvalue weighted by molar-refractivity contribution is -0.143. The zero-order valence-corrected chi connectivity index (χ0v) is 18.2. The van der Waals surface area contributed by atoms with Crippen LogP contribution in [0.3, 0.4) is 0 Å². The van der Waals surface area contributed by atoms with Gasteiger partial charge >= 0.3 is 5.97 Å². The highest BCUT2D eigenvalue weighted by atomic mass is 32.2. The lowest BCUT2D eigenvalue weighted by Gasteiger charge is -2.18. The van der Waals surface area contributed by atoms with E-state index in [2.05, 4.69) is 20.3 Å². The lowest BCUT2D eigenvalue weighted by Crippen LogP contribution is -2.46. The predicted octanol–water partition coefficient (Wildman–Crippen LogP) is -2.18. The number of rotatable bonds is 7. The van der Waals surface area contributed by atoms with E-state index < -0.39 is 44.5 Å². The molecule has 3 heterocycles. The Balaban J connectivity index is 1.86. The molecule has 16 heteroatoms. The fourth-order valence-electron chi connectivity index (χ4n) is 3.06. The van der Waals surface area contributed by atoms with Gasteiger partial charge in [-0.25, -0.2) is 32.5 Å². The average molecular weight is 473 g/mol. The standard InChI is InChI=1S/C15H19N7O7S2/c1-20(2)31(27,28)9-5-21-4-7(13(24)22(21)11(9)14(25)26)17-12(23)10(19-29-3)8-6-30-15(16)18-8/h6-7H,4-5H2,1-3H3,(H2,16,18)(H,17,23)(H,25,26)/b19-10+/t7-/m0/s1. The number of nitrogens with zero attached hydrogens (tertiary/aromatic N) is 5. The lowest BCUT2D eigenvalue weighted by atomic mass is 10.2. The first-order valence-corrected chi connectivity index (χ1v) is 10.9. The van der Waals surface area contributed by atoms with Gasteiger partial charge in [-0.15, -0.1) is 11.3 Å². The second-order valence-electron chi connectivity index (χ2n) is 6.58. The van der Waals surface area contributed by atoms with E-state index in [1.165, 1.54) is 31.6 Å². The highest BCUT2D eigenvalue weighted by Crippen LogP contribution is 2.32. The Labute approximate surface area is 180 Å². The number of nitrogens with one attached hydrogen (secondary N) is 1. The number of carbonyl (C=O) groups is 3. The van der Waals surface area contributed by atoms with E-state index in [1.54, 1.807) is 0 Å². The van der Waals surface area contributed by atoms with Gasteiger partial charge < -0.3 is 21.0 Å². The number of thiazole rings is 1. The van der Waals surface area contributed by atoms with Crippen LogP contribution in [0.4, 0.5) is 5.13 Å². The summed E-state index contributed by atoms with van der Waals surface area (Å²) in [5.74, 6) is -3.18. The number of fused-ring (bicyclic) bond motifs is 1. The molecule has 1 aromatic rings. The van der Waals surface area contributed by atoms with E-state index in [0.717, 1.165) is 20.7 Å². The molecule has 0 saturated carbocycles. The number of hydrazine groups is 1. The summed E-state index contributed by atoms with van der Waals surface area (Å²) in [5.41, 5.74) is 4.81. The number of hydrogen-bond acceptors (Lipinski definition) is 11. The van der Waals surface area contributed by atoms with Gasteiger partial charge in [0, 0.05) is 26.0 Å². The highest BCUT2D eigenvalue weighted by molar-refractivity contribution is 7.93. The normalized spacial score (nSPS) is 19.9. The third-order valence-corrected chi connectivity index (χ3v) is 7.03. The van der Waals surface area contributed by atoms with Crippen molar-refractivity contribution in [3.63, 3.8) is 0 Å². The molecule has 1 fully saturated rings. The summed E-state index contributed by atoms with van der Waals surface area (Å²) in [6.07, 6.45) is 0. The molecule has 2 amide bonds. The topological polar surface area (TPSA) is 188 Å². The summed E-state index contributed by atoms with van der Waals surface area (Å²) in [4.78, 5) is 45.5. The Bertz CT molecular complexity index is 1110. The number of carboxylic acid groups (broad SMARTS) is 1. The van der Waals surface area contributed by atoms with Crippen LogP contribution in [0.15, 0.2) is 21.1 Å². The minimum Gasteiger partial charge on any atom is -0.476 e. The van der Waals surface area contributed by atoms with Crippen LogP contribution in [-0.4, -0.2) is 96.7 Å². The van der Waals surface area contributed by atoms with Crippen molar-refractivity contribution in [1.82, 2.24) is 24.6 Å². The van der Waals surface area contributed by atoms with Gasteiger partial charge in [0.05, 0.1) is 6.54 Å². The summed E-state index contributed by atoms with van der Waals surface area (Å²) >= 11 is 1.08. The number of nitrogens with two attached hydrogens (primary N) is 1. The maximum atomic E-state index is 12.9. The molecule has 0 aliphatic carbocycles. The molecule has 1 saturated heterocycles. The number of amides is 2. The Kier molecular flexibility index (Phi) is 5.99. The monoisotopic (exact) mass is 473 g/mol. The predicted molar refractivity (Wildman–Crippen MR) is 108 cm³/mol. The summed E-state index contributed by atoms with van der Waals surface area (Å²) in [7, 11) is -0.338. The number of sulfonamides is 1. The fraction of sp³-hybridized carbons (Fsp3) is 0.400. The molecule has 0 radical (unpaired) electrons. The first kappa shape index (κ1) is 22.6. The van der Waals surface area contributed by atoms with Gasteiger partial charge in [-0.1, -0.05) is 5.16 Å². The van der Waals surface area contributed by atoms with Crippen LogP contribution >= 0.6 is 11.3 Å². The Morgan fingerprint density at radius 2 is 2.13 bits per heavy atom. The van der Waals surface area contributed by atoms with E-state index in [9.17, 15) is 27.9 Å². The first-order chi connectivity index (χ1) is 14.5. The Hall–Kier alpha value is -3.08. The molecule has 0 bridgehead atoms. The van der Waals surface area contributed by atoms with Gasteiger partial charge in [0.2, 0.25) is 10.0 Å². The summed E-state index contributed by atoms with van der Waals surface area (Å²) in [6, 6.07) is -1.15. The first-order valence-electron chi connectivity index (χ1n) is 8.60. The molecule has 3 rings (SSSR count). The summed E-state index contributed by atoms with van der Waals surface area (Å²) in [5, 5.41) is 19.3. The SMILES string of the molecule is CO/N=C(/C(=O)N[C@H]1CN2CC(S(=O)(=O)N(C)C)=C(C(=O)O)N2C1=O)c1csc(N)n1. The highest BCUT2D eigenvalue weighted by Gasteiger charge is 2.51. The number of aliphatic carboxylic acids is 1. The number of anilines is 1. The molecule has 2 aliphatic rings. The fourth-order valence-corrected chi connectivity index (χ4v) is 4.78. The second kappa shape index (κ2) is 8.22. The van der Waals surface area contributed by atoms with Crippen LogP contribution in [0.5, 0.6) is 0 Å². The van der Waals surface area contributed by atoms with Gasteiger partial charge in [0.15, 0.2) is 16.5 Å². The molecule has 1 atom stereocenters. The number of hydrogen-bond donors (Lipinski definition) is 3. The van der Waals surface area contributed by atoms with Crippen molar-refractivity contribution >= 4 is 50.0 Å². The van der Waals surface area contributed by atoms with Gasteiger partial charge in [-0.2, -0.15) is 0 Å². The van der Waals surface area contributed by atoms with Crippen molar-refractivity contribution in [3.8, 4) is 0 Å². The van der Waals surface area contributed by atoms with Crippen molar-refractivity contribution in [2.75, 3.05) is 40.0 Å². The molecule has 168 valence electrons. The van der Waals surface area contributed by atoms with Crippen molar-refractivity contribution in [3.05, 3.63) is 21.7 Å². The van der Waals surface area contributed by atoms with E-state index in [4.69, 9.17) is 5.73 Å². The number of oxime groups is 1. The van der Waals surface area contributed by atoms with Crippen molar-refractivity contribution in [2.24, 2.45) is 5.16 Å². The van der Waals surface area contributed by atoms with Crippen LogP contribution in [0.25, 0.3) is 0 Å². The zero-order chi connectivity index (χ0) is 23.1. The number of carboxylic acids is 1. The summed E-state index contributed by atoms with van der Waals surface area (Å²) in [6.45, 7) is -0.477. The molecular weight excluding hydrogens is 454 g/mol. The molecule has 2 aliphatic heterocycles. The number of carbonyl (C=O) groups excluding carboxylic acids is 2. The van der Waals surface area contributed by atoms with E-state index in [-0.39, 0.29) is 29.6 Å². The molecule has 0 spiro atoms. The quantitative estimate of drug-likeness (QED) is 0.290. The third-order valence-electron chi connectivity index (χ3n) is 4.45. The largest absolute Gasteiger partial charge is 0.476 e. The van der Waals surface area contributed by atoms with E-state index >= 15 is 0 Å². The van der Waals surface area contributed by atoms with E-state index in [0.29, 0.717) is 0 Å². The van der Waals surface area contributed by atoms with Crippen LogP contribution in [0.1, 0.15) is 5.69 Å². The summed E-state index contributed by atoms with van der Waals surface area (Å²) < 4.78 is 25.8. The average Bonchev–Trinajstić information content (AvgIpc) is 3.35. The second-order valence-corrected chi connectivity index (χ2v) is 9.64. The number of nitrogen functional groups attached to an aromatic ring is 1. The maximum Gasteiger partial charge on any atom is 0.355 e. The number of aromatic nitrogens is 1. The van der Waals surface area contributed by atoms with Crippen molar-refractivity contribution in [1.29, 1.82) is 0 Å². The minimum atomic E-state index is -4.08. The molecule has 1 aromatic heterocycles. The Morgan fingerprint density at radius 1 is 1.45 bits per heavy atom. The van der Waals surface area contributed by atoms with Gasteiger partial charge in [-0.05, 0) is 0 Å². The van der Waals surface area contributed by atoms with Crippen molar-refractivity contribution in [2.45, 2.75) is 6.04 Å². The Morgan fingerprint density at radius 3 is 2.65 bits per heavy atom. The van der Waals surface area contributed by atoms with Crippen LogP contribution in [0.2, 0.25) is 0 Å².